The lowest BCUT2D eigenvalue weighted by atomic mass is 10.1. The molecule has 0 aliphatic carbocycles. The highest BCUT2D eigenvalue weighted by molar-refractivity contribution is 7.09. The van der Waals surface area contributed by atoms with Crippen molar-refractivity contribution in [2.45, 2.75) is 32.7 Å². The van der Waals surface area contributed by atoms with Gasteiger partial charge in [0.15, 0.2) is 0 Å². The molecule has 0 spiro atoms. The Labute approximate surface area is 111 Å². The van der Waals surface area contributed by atoms with Crippen molar-refractivity contribution in [1.82, 2.24) is 4.98 Å². The second-order valence-corrected chi connectivity index (χ2v) is 5.64. The Kier molecular flexibility index (Phi) is 3.78. The van der Waals surface area contributed by atoms with E-state index in [0.717, 1.165) is 16.3 Å². The first-order valence-corrected chi connectivity index (χ1v) is 6.84. The zero-order valence-electron chi connectivity index (χ0n) is 10.8. The summed E-state index contributed by atoms with van der Waals surface area (Å²) in [6.45, 7) is 5.93. The van der Waals surface area contributed by atoms with Gasteiger partial charge in [0, 0.05) is 5.38 Å². The molecule has 1 unspecified atom stereocenters. The van der Waals surface area contributed by atoms with E-state index in [0.29, 0.717) is 11.5 Å². The minimum Gasteiger partial charge on any atom is -0.318 e. The molecule has 0 fully saturated rings. The van der Waals surface area contributed by atoms with Gasteiger partial charge in [-0.25, -0.2) is 9.37 Å². The van der Waals surface area contributed by atoms with E-state index in [-0.39, 0.29) is 11.9 Å². The van der Waals surface area contributed by atoms with Crippen LogP contribution in [-0.2, 0) is 0 Å². The van der Waals surface area contributed by atoms with Crippen LogP contribution in [0.25, 0.3) is 0 Å². The van der Waals surface area contributed by atoms with Crippen molar-refractivity contribution in [3.05, 3.63) is 51.2 Å². The van der Waals surface area contributed by atoms with E-state index in [9.17, 15) is 4.39 Å². The largest absolute Gasteiger partial charge is 0.318 e. The lowest BCUT2D eigenvalue weighted by molar-refractivity contribution is 0.614. The first-order valence-electron chi connectivity index (χ1n) is 5.96. The van der Waals surface area contributed by atoms with Gasteiger partial charge in [-0.3, -0.25) is 0 Å². The third-order valence-electron chi connectivity index (χ3n) is 2.95. The summed E-state index contributed by atoms with van der Waals surface area (Å²) in [7, 11) is 0. The highest BCUT2D eigenvalue weighted by Gasteiger charge is 2.15. The molecule has 1 atom stereocenters. The number of hydrogen-bond acceptors (Lipinski definition) is 3. The Morgan fingerprint density at radius 2 is 2.06 bits per heavy atom. The number of nitrogens with two attached hydrogens (primary N) is 1. The molecule has 0 saturated carbocycles. The minimum absolute atomic E-state index is 0.219. The highest BCUT2D eigenvalue weighted by atomic mass is 32.1. The van der Waals surface area contributed by atoms with Gasteiger partial charge < -0.3 is 5.73 Å². The molecule has 0 saturated heterocycles. The molecule has 0 radical (unpaired) electrons. The maximum atomic E-state index is 13.5. The molecule has 96 valence electrons. The van der Waals surface area contributed by atoms with E-state index >= 15 is 0 Å². The van der Waals surface area contributed by atoms with Crippen molar-refractivity contribution in [3.63, 3.8) is 0 Å². The van der Waals surface area contributed by atoms with Crippen molar-refractivity contribution in [1.29, 1.82) is 0 Å². The summed E-state index contributed by atoms with van der Waals surface area (Å²) in [5.41, 5.74) is 8.57. The molecule has 2 nitrogen and oxygen atoms in total. The van der Waals surface area contributed by atoms with Gasteiger partial charge in [-0.15, -0.1) is 11.3 Å². The summed E-state index contributed by atoms with van der Waals surface area (Å²) in [5, 5.41) is 2.85. The van der Waals surface area contributed by atoms with Gasteiger partial charge in [0.2, 0.25) is 0 Å². The molecule has 2 aromatic rings. The van der Waals surface area contributed by atoms with E-state index in [1.54, 1.807) is 13.0 Å². The van der Waals surface area contributed by atoms with Crippen LogP contribution in [0.3, 0.4) is 0 Å². The Bertz CT molecular complexity index is 548. The SMILES string of the molecule is Cc1ccc(C(N)c2nc(C(C)C)cs2)cc1F. The molecule has 0 aliphatic heterocycles. The van der Waals surface area contributed by atoms with Crippen LogP contribution >= 0.6 is 11.3 Å². The van der Waals surface area contributed by atoms with Crippen molar-refractivity contribution < 1.29 is 4.39 Å². The number of rotatable bonds is 3. The molecule has 1 aromatic heterocycles. The van der Waals surface area contributed by atoms with Crippen LogP contribution in [0.15, 0.2) is 23.6 Å². The molecule has 1 aromatic carbocycles. The normalized spacial score (nSPS) is 13.0. The Morgan fingerprint density at radius 3 is 2.61 bits per heavy atom. The van der Waals surface area contributed by atoms with E-state index < -0.39 is 0 Å². The van der Waals surface area contributed by atoms with E-state index in [1.807, 2.05) is 11.4 Å². The number of thiazole rings is 1. The topological polar surface area (TPSA) is 38.9 Å². The predicted molar refractivity (Wildman–Crippen MR) is 73.4 cm³/mol. The van der Waals surface area contributed by atoms with E-state index in [1.165, 1.54) is 17.4 Å². The molecular weight excluding hydrogens is 247 g/mol. The minimum atomic E-state index is -0.349. The molecule has 0 bridgehead atoms. The molecule has 4 heteroatoms. The fourth-order valence-electron chi connectivity index (χ4n) is 1.65. The quantitative estimate of drug-likeness (QED) is 0.916. The third kappa shape index (κ3) is 2.60. The van der Waals surface area contributed by atoms with Gasteiger partial charge >= 0.3 is 0 Å². The van der Waals surface area contributed by atoms with Crippen LogP contribution in [0.4, 0.5) is 4.39 Å². The Balaban J connectivity index is 2.29. The first kappa shape index (κ1) is 13.2. The second kappa shape index (κ2) is 5.16. The van der Waals surface area contributed by atoms with Crippen LogP contribution in [0.5, 0.6) is 0 Å². The van der Waals surface area contributed by atoms with Crippen LogP contribution in [0, 0.1) is 12.7 Å². The van der Waals surface area contributed by atoms with Gasteiger partial charge in [0.25, 0.3) is 0 Å². The molecular formula is C14H17FN2S. The predicted octanol–water partition coefficient (Wildman–Crippen LogP) is 3.76. The van der Waals surface area contributed by atoms with Gasteiger partial charge in [0.1, 0.15) is 10.8 Å². The summed E-state index contributed by atoms with van der Waals surface area (Å²) in [4.78, 5) is 4.51. The molecule has 0 amide bonds. The number of nitrogens with zero attached hydrogens (tertiary/aromatic N) is 1. The Morgan fingerprint density at radius 1 is 1.33 bits per heavy atom. The van der Waals surface area contributed by atoms with Gasteiger partial charge in [-0.1, -0.05) is 26.0 Å². The molecule has 18 heavy (non-hydrogen) atoms. The zero-order valence-corrected chi connectivity index (χ0v) is 11.6. The maximum Gasteiger partial charge on any atom is 0.126 e. The summed E-state index contributed by atoms with van der Waals surface area (Å²) >= 11 is 1.53. The summed E-state index contributed by atoms with van der Waals surface area (Å²) in [6.07, 6.45) is 0. The number of benzene rings is 1. The van der Waals surface area contributed by atoms with Crippen LogP contribution in [-0.4, -0.2) is 4.98 Å². The van der Waals surface area contributed by atoms with Crippen molar-refractivity contribution in [2.75, 3.05) is 0 Å². The molecule has 2 N–H and O–H groups in total. The molecule has 1 heterocycles. The highest BCUT2D eigenvalue weighted by Crippen LogP contribution is 2.26. The molecule has 0 aliphatic rings. The van der Waals surface area contributed by atoms with Crippen LogP contribution < -0.4 is 5.73 Å². The van der Waals surface area contributed by atoms with Gasteiger partial charge in [-0.2, -0.15) is 0 Å². The van der Waals surface area contributed by atoms with E-state index in [4.69, 9.17) is 5.73 Å². The van der Waals surface area contributed by atoms with Crippen molar-refractivity contribution in [3.8, 4) is 0 Å². The fourth-order valence-corrected chi connectivity index (χ4v) is 2.66. The lowest BCUT2D eigenvalue weighted by Crippen LogP contribution is -2.12. The average Bonchev–Trinajstić information content (AvgIpc) is 2.81. The van der Waals surface area contributed by atoms with Crippen molar-refractivity contribution in [2.24, 2.45) is 5.73 Å². The zero-order chi connectivity index (χ0) is 13.3. The maximum absolute atomic E-state index is 13.5. The number of hydrogen-bond donors (Lipinski definition) is 1. The number of aromatic nitrogens is 1. The first-order chi connectivity index (χ1) is 8.49. The second-order valence-electron chi connectivity index (χ2n) is 4.75. The number of halogens is 1. The third-order valence-corrected chi connectivity index (χ3v) is 3.90. The average molecular weight is 264 g/mol. The smallest absolute Gasteiger partial charge is 0.126 e. The fraction of sp³-hybridized carbons (Fsp3) is 0.357. The monoisotopic (exact) mass is 264 g/mol. The van der Waals surface area contributed by atoms with Gasteiger partial charge in [-0.05, 0) is 30.0 Å². The summed E-state index contributed by atoms with van der Waals surface area (Å²) in [6, 6.07) is 4.76. The standard InChI is InChI=1S/C14H17FN2S/c1-8(2)12-7-18-14(17-12)13(16)10-5-4-9(3)11(15)6-10/h4-8,13H,16H2,1-3H3. The van der Waals surface area contributed by atoms with Gasteiger partial charge in [0.05, 0.1) is 11.7 Å². The van der Waals surface area contributed by atoms with E-state index in [2.05, 4.69) is 18.8 Å². The van der Waals surface area contributed by atoms with Crippen molar-refractivity contribution >= 4 is 11.3 Å². The summed E-state index contributed by atoms with van der Waals surface area (Å²) in [5.74, 6) is 0.167. The lowest BCUT2D eigenvalue weighted by Gasteiger charge is -2.10. The summed E-state index contributed by atoms with van der Waals surface area (Å²) < 4.78 is 13.5. The number of aryl methyl sites for hydroxylation is 1. The molecule has 2 rings (SSSR count). The Hall–Kier alpha value is -1.26. The van der Waals surface area contributed by atoms with Crippen LogP contribution in [0.2, 0.25) is 0 Å². The van der Waals surface area contributed by atoms with Crippen LogP contribution in [0.1, 0.15) is 47.6 Å².